The van der Waals surface area contributed by atoms with Crippen molar-refractivity contribution in [3.63, 3.8) is 0 Å². The molecule has 2 rings (SSSR count). The molecule has 1 aromatic heterocycles. The predicted octanol–water partition coefficient (Wildman–Crippen LogP) is 5.28. The molecule has 0 bridgehead atoms. The van der Waals surface area contributed by atoms with E-state index in [1.165, 1.54) is 11.3 Å². The summed E-state index contributed by atoms with van der Waals surface area (Å²) in [6.45, 7) is 10.3. The van der Waals surface area contributed by atoms with E-state index in [0.717, 1.165) is 31.5 Å². The van der Waals surface area contributed by atoms with Gasteiger partial charge in [-0.3, -0.25) is 0 Å². The van der Waals surface area contributed by atoms with Crippen LogP contribution < -0.4 is 0 Å². The molecule has 6 heteroatoms. The van der Waals surface area contributed by atoms with E-state index in [1.807, 2.05) is 30.3 Å². The molecule has 0 amide bonds. The summed E-state index contributed by atoms with van der Waals surface area (Å²) in [5, 5.41) is 1.76. The summed E-state index contributed by atoms with van der Waals surface area (Å²) >= 11 is 1.20. The first-order chi connectivity index (χ1) is 12.8. The second-order valence-electron chi connectivity index (χ2n) is 7.54. The Kier molecular flexibility index (Phi) is 8.05. The molecule has 0 saturated heterocycles. The molecule has 2 aromatic rings. The largest absolute Gasteiger partial charge is 0.355 e. The fourth-order valence-corrected chi connectivity index (χ4v) is 4.60. The van der Waals surface area contributed by atoms with Gasteiger partial charge in [0.1, 0.15) is 10.0 Å². The summed E-state index contributed by atoms with van der Waals surface area (Å²) in [6.07, 6.45) is 1.98. The van der Waals surface area contributed by atoms with Crippen molar-refractivity contribution in [3.05, 3.63) is 53.4 Å². The fourth-order valence-electron chi connectivity index (χ4n) is 2.60. The van der Waals surface area contributed by atoms with Gasteiger partial charge in [-0.2, -0.15) is 8.42 Å². The Morgan fingerprint density at radius 3 is 2.04 bits per heavy atom. The Bertz CT molecular complexity index is 799. The van der Waals surface area contributed by atoms with Crippen LogP contribution in [0.4, 0.5) is 0 Å². The molecular formula is C21H30N2O2S2. The Labute approximate surface area is 168 Å². The maximum absolute atomic E-state index is 12.9. The normalized spacial score (nSPS) is 12.7. The highest BCUT2D eigenvalue weighted by molar-refractivity contribution is 7.92. The predicted molar refractivity (Wildman–Crippen MR) is 115 cm³/mol. The second kappa shape index (κ2) is 10.0. The minimum Gasteiger partial charge on any atom is -0.355 e. The lowest BCUT2D eigenvalue weighted by Crippen LogP contribution is -2.35. The number of thiophene rings is 1. The molecule has 0 saturated carbocycles. The van der Waals surface area contributed by atoms with Crippen LogP contribution in [-0.4, -0.2) is 32.2 Å². The fraction of sp³-hybridized carbons (Fsp3) is 0.476. The van der Waals surface area contributed by atoms with Crippen LogP contribution in [0.2, 0.25) is 0 Å². The molecule has 1 heterocycles. The molecular weight excluding hydrogens is 376 g/mol. The maximum Gasteiger partial charge on any atom is 0.293 e. The van der Waals surface area contributed by atoms with Crippen LogP contribution >= 0.6 is 11.3 Å². The molecule has 0 unspecified atom stereocenters. The Morgan fingerprint density at radius 2 is 1.56 bits per heavy atom. The van der Waals surface area contributed by atoms with Crippen molar-refractivity contribution in [2.45, 2.75) is 44.7 Å². The van der Waals surface area contributed by atoms with E-state index >= 15 is 0 Å². The van der Waals surface area contributed by atoms with Gasteiger partial charge in [0.05, 0.1) is 0 Å². The Balaban J connectivity index is 2.46. The van der Waals surface area contributed by atoms with Crippen molar-refractivity contribution in [2.24, 2.45) is 16.2 Å². The van der Waals surface area contributed by atoms with Gasteiger partial charge >= 0.3 is 0 Å². The Hall–Kier alpha value is -1.66. The zero-order chi connectivity index (χ0) is 19.9. The van der Waals surface area contributed by atoms with E-state index in [1.54, 1.807) is 17.5 Å². The average molecular weight is 407 g/mol. The molecule has 148 valence electrons. The number of rotatable bonds is 9. The summed E-state index contributed by atoms with van der Waals surface area (Å²) in [7, 11) is -3.72. The molecule has 27 heavy (non-hydrogen) atoms. The highest BCUT2D eigenvalue weighted by Crippen LogP contribution is 2.21. The summed E-state index contributed by atoms with van der Waals surface area (Å²) in [6, 6.07) is 13.0. The lowest BCUT2D eigenvalue weighted by atomic mass is 10.1. The quantitative estimate of drug-likeness (QED) is 0.421. The highest BCUT2D eigenvalue weighted by Gasteiger charge is 2.21. The molecule has 0 N–H and O–H groups in total. The van der Waals surface area contributed by atoms with E-state index in [2.05, 4.69) is 37.0 Å². The van der Waals surface area contributed by atoms with E-state index < -0.39 is 10.0 Å². The van der Waals surface area contributed by atoms with Crippen molar-refractivity contribution in [2.75, 3.05) is 13.1 Å². The van der Waals surface area contributed by atoms with Crippen LogP contribution in [0.15, 0.2) is 56.5 Å². The third-order valence-electron chi connectivity index (χ3n) is 4.24. The number of hydrogen-bond acceptors (Lipinski definition) is 3. The number of benzene rings is 1. The van der Waals surface area contributed by atoms with Gasteiger partial charge < -0.3 is 4.90 Å². The lowest BCUT2D eigenvalue weighted by molar-refractivity contribution is 0.355. The molecule has 4 nitrogen and oxygen atoms in total. The number of hydrogen-bond donors (Lipinski definition) is 0. The Morgan fingerprint density at radius 1 is 0.963 bits per heavy atom. The van der Waals surface area contributed by atoms with Crippen molar-refractivity contribution in [1.82, 2.24) is 4.90 Å². The van der Waals surface area contributed by atoms with Gasteiger partial charge in [0, 0.05) is 18.7 Å². The van der Waals surface area contributed by atoms with Crippen LogP contribution in [0.5, 0.6) is 0 Å². The van der Waals surface area contributed by atoms with E-state index in [0.29, 0.717) is 17.7 Å². The van der Waals surface area contributed by atoms with Gasteiger partial charge in [-0.25, -0.2) is 0 Å². The summed E-state index contributed by atoms with van der Waals surface area (Å²) in [5.41, 5.74) is 0.838. The van der Waals surface area contributed by atoms with Gasteiger partial charge in [-0.1, -0.05) is 64.1 Å². The molecule has 0 aliphatic carbocycles. The van der Waals surface area contributed by atoms with E-state index in [-0.39, 0.29) is 4.21 Å². The van der Waals surface area contributed by atoms with Gasteiger partial charge in [0.15, 0.2) is 0 Å². The first-order valence-corrected chi connectivity index (χ1v) is 11.8. The molecule has 0 radical (unpaired) electrons. The zero-order valence-corrected chi connectivity index (χ0v) is 18.3. The molecule has 0 atom stereocenters. The van der Waals surface area contributed by atoms with Crippen molar-refractivity contribution < 1.29 is 8.42 Å². The summed E-state index contributed by atoms with van der Waals surface area (Å²) < 4.78 is 30.3. The molecule has 0 aliphatic rings. The maximum atomic E-state index is 12.9. The zero-order valence-electron chi connectivity index (χ0n) is 16.6. The minimum atomic E-state index is -3.72. The van der Waals surface area contributed by atoms with Gasteiger partial charge in [0.25, 0.3) is 10.0 Å². The van der Waals surface area contributed by atoms with E-state index in [9.17, 15) is 8.42 Å². The SMILES string of the molecule is CC(C)CCN(CCC(C)C)/C(=N\S(=O)(=O)c1cccs1)c1ccccc1. The van der Waals surface area contributed by atoms with Crippen LogP contribution in [0.3, 0.4) is 0 Å². The lowest BCUT2D eigenvalue weighted by Gasteiger charge is -2.28. The van der Waals surface area contributed by atoms with Crippen LogP contribution in [0.1, 0.15) is 46.1 Å². The van der Waals surface area contributed by atoms with Crippen LogP contribution in [0, 0.1) is 11.8 Å². The van der Waals surface area contributed by atoms with Crippen molar-refractivity contribution in [1.29, 1.82) is 0 Å². The topological polar surface area (TPSA) is 49.7 Å². The van der Waals surface area contributed by atoms with Gasteiger partial charge in [-0.15, -0.1) is 15.7 Å². The monoisotopic (exact) mass is 406 g/mol. The second-order valence-corrected chi connectivity index (χ2v) is 10.3. The van der Waals surface area contributed by atoms with Crippen LogP contribution in [0.25, 0.3) is 0 Å². The molecule has 0 aliphatic heterocycles. The molecule has 0 fully saturated rings. The van der Waals surface area contributed by atoms with Crippen molar-refractivity contribution >= 4 is 27.2 Å². The molecule has 1 aromatic carbocycles. The number of nitrogens with zero attached hydrogens (tertiary/aromatic N) is 2. The number of sulfonamides is 1. The number of amidine groups is 1. The minimum absolute atomic E-state index is 0.281. The molecule has 0 spiro atoms. The summed E-state index contributed by atoms with van der Waals surface area (Å²) in [5.74, 6) is 1.63. The van der Waals surface area contributed by atoms with E-state index in [4.69, 9.17) is 0 Å². The standard InChI is InChI=1S/C21H30N2O2S2/c1-17(2)12-14-23(15-13-18(3)4)21(19-9-6-5-7-10-19)22-27(24,25)20-11-8-16-26-20/h5-11,16-18H,12-15H2,1-4H3/b22-21-. The van der Waals surface area contributed by atoms with Crippen LogP contribution in [-0.2, 0) is 10.0 Å². The smallest absolute Gasteiger partial charge is 0.293 e. The van der Waals surface area contributed by atoms with Gasteiger partial charge in [-0.05, 0) is 36.1 Å². The third-order valence-corrected chi connectivity index (χ3v) is 6.88. The van der Waals surface area contributed by atoms with Gasteiger partial charge in [0.2, 0.25) is 0 Å². The first-order valence-electron chi connectivity index (χ1n) is 9.48. The summed E-state index contributed by atoms with van der Waals surface area (Å²) in [4.78, 5) is 2.14. The average Bonchev–Trinajstić information content (AvgIpc) is 3.16. The highest BCUT2D eigenvalue weighted by atomic mass is 32.2. The van der Waals surface area contributed by atoms with Crippen molar-refractivity contribution in [3.8, 4) is 0 Å². The third kappa shape index (κ3) is 6.78. The first kappa shape index (κ1) is 21.6.